The minimum absolute atomic E-state index is 0.0458. The number of hydrogen-bond acceptors (Lipinski definition) is 5. The summed E-state index contributed by atoms with van der Waals surface area (Å²) in [5.74, 6) is -1.15. The molecule has 0 aromatic heterocycles. The topological polar surface area (TPSA) is 154 Å². The van der Waals surface area contributed by atoms with Crippen molar-refractivity contribution in [2.75, 3.05) is 6.54 Å². The highest BCUT2D eigenvalue weighted by atomic mass is 16.3. The summed E-state index contributed by atoms with van der Waals surface area (Å²) in [4.78, 5) is 53.7. The minimum Gasteiger partial charge on any atom is -0.381 e. The highest BCUT2D eigenvalue weighted by Crippen LogP contribution is 2.65. The van der Waals surface area contributed by atoms with E-state index < -0.39 is 47.1 Å². The number of piperidine rings is 1. The van der Waals surface area contributed by atoms with Gasteiger partial charge in [0, 0.05) is 12.1 Å². The van der Waals surface area contributed by atoms with Crippen molar-refractivity contribution in [2.45, 2.75) is 111 Å². The lowest BCUT2D eigenvalue weighted by Gasteiger charge is -2.39. The Balaban J connectivity index is 1.83. The summed E-state index contributed by atoms with van der Waals surface area (Å²) >= 11 is 0. The van der Waals surface area contributed by atoms with E-state index in [1.54, 1.807) is 4.90 Å². The number of primary amides is 1. The van der Waals surface area contributed by atoms with E-state index in [1.165, 1.54) is 0 Å². The predicted molar refractivity (Wildman–Crippen MR) is 140 cm³/mol. The van der Waals surface area contributed by atoms with Gasteiger partial charge in [0.05, 0.1) is 6.04 Å². The molecule has 3 rings (SSSR count). The lowest BCUT2D eigenvalue weighted by Crippen LogP contribution is -2.62. The van der Waals surface area contributed by atoms with Crippen LogP contribution < -0.4 is 21.7 Å². The number of likely N-dealkylation sites (tertiary alicyclic amines) is 1. The van der Waals surface area contributed by atoms with Crippen molar-refractivity contribution in [3.05, 3.63) is 0 Å². The molecule has 6 N–H and O–H groups in total. The molecule has 10 heteroatoms. The van der Waals surface area contributed by atoms with Gasteiger partial charge < -0.3 is 31.7 Å². The molecule has 3 aliphatic rings. The van der Waals surface area contributed by atoms with E-state index in [1.807, 2.05) is 41.5 Å². The number of carbonyl (C=O) groups excluding carboxylic acids is 4. The molecule has 210 valence electrons. The van der Waals surface area contributed by atoms with Crippen molar-refractivity contribution in [3.63, 3.8) is 0 Å². The van der Waals surface area contributed by atoms with E-state index in [2.05, 4.69) is 29.8 Å². The van der Waals surface area contributed by atoms with Gasteiger partial charge in [0.2, 0.25) is 17.7 Å². The number of amides is 5. The molecular weight excluding hydrogens is 474 g/mol. The number of carbonyl (C=O) groups is 4. The Bertz CT molecular complexity index is 917. The van der Waals surface area contributed by atoms with Crippen LogP contribution in [-0.4, -0.2) is 70.1 Å². The second-order valence-corrected chi connectivity index (χ2v) is 14.0. The van der Waals surface area contributed by atoms with Gasteiger partial charge in [0.25, 0.3) is 0 Å². The molecule has 1 unspecified atom stereocenters. The SMILES string of the molecule is CC(C)(C)NC(=O)N[C@H](C(=O)N1C[C@H]2[C@@H]([C@H]1C(=O)N[C@@H](CC1CCC1)C(O)C(N)=O)C2(C)C)C(C)(C)C. The molecule has 0 aromatic carbocycles. The van der Waals surface area contributed by atoms with Gasteiger partial charge in [-0.15, -0.1) is 0 Å². The summed E-state index contributed by atoms with van der Waals surface area (Å²) in [7, 11) is 0. The van der Waals surface area contributed by atoms with Gasteiger partial charge in [0.15, 0.2) is 6.10 Å². The number of nitrogens with one attached hydrogen (secondary N) is 3. The number of nitrogens with two attached hydrogens (primary N) is 1. The molecule has 1 aliphatic heterocycles. The fourth-order valence-electron chi connectivity index (χ4n) is 5.96. The third kappa shape index (κ3) is 6.38. The molecule has 0 radical (unpaired) electrons. The summed E-state index contributed by atoms with van der Waals surface area (Å²) in [6, 6.07) is -2.86. The van der Waals surface area contributed by atoms with Gasteiger partial charge in [-0.3, -0.25) is 14.4 Å². The van der Waals surface area contributed by atoms with Crippen molar-refractivity contribution >= 4 is 23.8 Å². The molecule has 0 spiro atoms. The molecule has 1 saturated heterocycles. The van der Waals surface area contributed by atoms with Gasteiger partial charge in [-0.1, -0.05) is 53.9 Å². The van der Waals surface area contributed by atoms with E-state index >= 15 is 0 Å². The number of nitrogens with zero attached hydrogens (tertiary/aromatic N) is 1. The fourth-order valence-corrected chi connectivity index (χ4v) is 5.96. The monoisotopic (exact) mass is 521 g/mol. The quantitative estimate of drug-likeness (QED) is 0.328. The van der Waals surface area contributed by atoms with Crippen LogP contribution in [0.3, 0.4) is 0 Å². The van der Waals surface area contributed by atoms with Gasteiger partial charge in [-0.05, 0) is 55.8 Å². The van der Waals surface area contributed by atoms with Gasteiger partial charge in [0.1, 0.15) is 12.1 Å². The van der Waals surface area contributed by atoms with Crippen molar-refractivity contribution in [2.24, 2.45) is 34.3 Å². The lowest BCUT2D eigenvalue weighted by molar-refractivity contribution is -0.144. The third-order valence-electron chi connectivity index (χ3n) is 8.45. The average molecular weight is 522 g/mol. The first-order valence-corrected chi connectivity index (χ1v) is 13.5. The number of fused-ring (bicyclic) bond motifs is 1. The van der Waals surface area contributed by atoms with Crippen LogP contribution in [0, 0.1) is 28.6 Å². The Morgan fingerprint density at radius 2 is 1.65 bits per heavy atom. The Hall–Kier alpha value is -2.36. The maximum absolute atomic E-state index is 13.9. The highest BCUT2D eigenvalue weighted by Gasteiger charge is 2.69. The molecule has 6 atom stereocenters. The molecular formula is C27H47N5O5. The molecule has 37 heavy (non-hydrogen) atoms. The average Bonchev–Trinajstić information content (AvgIpc) is 3.06. The number of hydrogen-bond donors (Lipinski definition) is 5. The zero-order valence-corrected chi connectivity index (χ0v) is 23.7. The third-order valence-corrected chi connectivity index (χ3v) is 8.45. The first-order valence-electron chi connectivity index (χ1n) is 13.5. The highest BCUT2D eigenvalue weighted by molar-refractivity contribution is 5.94. The van der Waals surface area contributed by atoms with Crippen molar-refractivity contribution in [1.82, 2.24) is 20.9 Å². The summed E-state index contributed by atoms with van der Waals surface area (Å²) in [6.07, 6.45) is 2.03. The van der Waals surface area contributed by atoms with Crippen LogP contribution in [0.2, 0.25) is 0 Å². The summed E-state index contributed by atoms with van der Waals surface area (Å²) < 4.78 is 0. The molecule has 2 saturated carbocycles. The number of aliphatic hydroxyl groups is 1. The Labute approximate surface area is 220 Å². The zero-order valence-electron chi connectivity index (χ0n) is 23.7. The molecule has 2 aliphatic carbocycles. The number of rotatable bonds is 8. The number of aliphatic hydroxyl groups excluding tert-OH is 1. The van der Waals surface area contributed by atoms with Gasteiger partial charge >= 0.3 is 6.03 Å². The minimum atomic E-state index is -1.50. The predicted octanol–water partition coefficient (Wildman–Crippen LogP) is 1.50. The Morgan fingerprint density at radius 3 is 2.11 bits per heavy atom. The van der Waals surface area contributed by atoms with Crippen LogP contribution in [0.15, 0.2) is 0 Å². The number of urea groups is 1. The standard InChI is InChI=1S/C27H47N5O5/c1-25(2,3)20(30-24(37)31-26(4,5)6)23(36)32-13-15-17(27(15,7)8)18(32)22(35)29-16(19(33)21(28)34)12-14-10-9-11-14/h14-20,33H,9-13H2,1-8H3,(H2,28,34)(H,29,35)(H2,30,31,37)/t15-,16-,17-,18-,19?,20+/m0/s1. The fraction of sp³-hybridized carbons (Fsp3) is 0.852. The second-order valence-electron chi connectivity index (χ2n) is 14.0. The van der Waals surface area contributed by atoms with E-state index in [0.717, 1.165) is 19.3 Å². The van der Waals surface area contributed by atoms with E-state index in [4.69, 9.17) is 5.73 Å². The maximum Gasteiger partial charge on any atom is 0.315 e. The molecule has 0 bridgehead atoms. The van der Waals surface area contributed by atoms with Crippen molar-refractivity contribution in [3.8, 4) is 0 Å². The normalized spacial score (nSPS) is 27.3. The van der Waals surface area contributed by atoms with E-state index in [-0.39, 0.29) is 29.1 Å². The van der Waals surface area contributed by atoms with Crippen LogP contribution in [0.1, 0.15) is 81.1 Å². The van der Waals surface area contributed by atoms with E-state index in [9.17, 15) is 24.3 Å². The molecule has 5 amide bonds. The summed E-state index contributed by atoms with van der Waals surface area (Å²) in [6.45, 7) is 15.8. The Kier molecular flexibility index (Phi) is 7.95. The molecule has 3 fully saturated rings. The van der Waals surface area contributed by atoms with Crippen LogP contribution in [0.25, 0.3) is 0 Å². The summed E-state index contributed by atoms with van der Waals surface area (Å²) in [5.41, 5.74) is 4.19. The van der Waals surface area contributed by atoms with Gasteiger partial charge in [-0.2, -0.15) is 0 Å². The van der Waals surface area contributed by atoms with Crippen LogP contribution >= 0.6 is 0 Å². The van der Waals surface area contributed by atoms with Crippen molar-refractivity contribution < 1.29 is 24.3 Å². The second kappa shape index (κ2) is 10.1. The lowest BCUT2D eigenvalue weighted by atomic mass is 9.79. The van der Waals surface area contributed by atoms with Crippen LogP contribution in [0.5, 0.6) is 0 Å². The smallest absolute Gasteiger partial charge is 0.315 e. The zero-order chi connectivity index (χ0) is 28.1. The van der Waals surface area contributed by atoms with E-state index in [0.29, 0.717) is 18.9 Å². The van der Waals surface area contributed by atoms with Crippen LogP contribution in [0.4, 0.5) is 4.79 Å². The maximum atomic E-state index is 13.9. The van der Waals surface area contributed by atoms with Gasteiger partial charge in [-0.25, -0.2) is 4.79 Å². The summed E-state index contributed by atoms with van der Waals surface area (Å²) in [5, 5.41) is 19.0. The van der Waals surface area contributed by atoms with Crippen molar-refractivity contribution in [1.29, 1.82) is 0 Å². The first-order chi connectivity index (χ1) is 16.8. The largest absolute Gasteiger partial charge is 0.381 e. The first kappa shape index (κ1) is 29.2. The molecule has 10 nitrogen and oxygen atoms in total. The molecule has 1 heterocycles. The Morgan fingerprint density at radius 1 is 1.05 bits per heavy atom. The molecule has 0 aromatic rings. The van der Waals surface area contributed by atoms with Crippen LogP contribution in [-0.2, 0) is 14.4 Å².